The van der Waals surface area contributed by atoms with E-state index < -0.39 is 0 Å². The number of likely N-dealkylation sites (tertiary alicyclic amines) is 1. The monoisotopic (exact) mass is 370 g/mol. The molecule has 3 rings (SSSR count). The number of ether oxygens (including phenoxy) is 1. The third kappa shape index (κ3) is 5.10. The number of amides is 2. The molecular formula is C21H30N4O2. The molecule has 0 aliphatic carbocycles. The minimum Gasteiger partial charge on any atom is -0.378 e. The van der Waals surface area contributed by atoms with Crippen molar-refractivity contribution in [2.45, 2.75) is 52.6 Å². The summed E-state index contributed by atoms with van der Waals surface area (Å²) in [6, 6.07) is 9.95. The van der Waals surface area contributed by atoms with Crippen molar-refractivity contribution in [2.24, 2.45) is 0 Å². The lowest BCUT2D eigenvalue weighted by molar-refractivity contribution is 0.0446. The number of carbonyl (C=O) groups is 1. The van der Waals surface area contributed by atoms with E-state index in [1.165, 1.54) is 5.56 Å². The summed E-state index contributed by atoms with van der Waals surface area (Å²) in [5, 5.41) is 7.58. The van der Waals surface area contributed by atoms with E-state index in [-0.39, 0.29) is 12.1 Å². The molecule has 6 heteroatoms. The van der Waals surface area contributed by atoms with Crippen LogP contribution >= 0.6 is 0 Å². The minimum atomic E-state index is -0.0700. The molecule has 6 nitrogen and oxygen atoms in total. The molecule has 1 N–H and O–H groups in total. The zero-order chi connectivity index (χ0) is 19.2. The molecule has 1 fully saturated rings. The minimum absolute atomic E-state index is 0.0700. The van der Waals surface area contributed by atoms with E-state index in [2.05, 4.69) is 24.3 Å². The first-order valence-corrected chi connectivity index (χ1v) is 9.88. The summed E-state index contributed by atoms with van der Waals surface area (Å²) in [5.41, 5.74) is 3.00. The Kier molecular flexibility index (Phi) is 6.50. The number of rotatable bonds is 5. The maximum Gasteiger partial charge on any atom is 0.323 e. The summed E-state index contributed by atoms with van der Waals surface area (Å²) >= 11 is 0. The summed E-state index contributed by atoms with van der Waals surface area (Å²) in [5.74, 6) is 0.699. The van der Waals surface area contributed by atoms with Crippen molar-refractivity contribution in [1.82, 2.24) is 14.7 Å². The van der Waals surface area contributed by atoms with Gasteiger partial charge in [-0.25, -0.2) is 9.48 Å². The quantitative estimate of drug-likeness (QED) is 0.853. The number of hydrogen-bond donors (Lipinski definition) is 1. The van der Waals surface area contributed by atoms with Crippen LogP contribution in [0.2, 0.25) is 0 Å². The van der Waals surface area contributed by atoms with Crippen LogP contribution in [-0.4, -0.2) is 46.5 Å². The Morgan fingerprint density at radius 2 is 2.00 bits per heavy atom. The first-order chi connectivity index (χ1) is 13.1. The summed E-state index contributed by atoms with van der Waals surface area (Å²) in [7, 11) is 0. The lowest BCUT2D eigenvalue weighted by Gasteiger charge is -2.21. The number of hydrogen-bond acceptors (Lipinski definition) is 3. The Bertz CT molecular complexity index is 754. The first-order valence-electron chi connectivity index (χ1n) is 9.88. The van der Waals surface area contributed by atoms with Crippen LogP contribution in [0.25, 0.3) is 5.69 Å². The van der Waals surface area contributed by atoms with Gasteiger partial charge in [-0.3, -0.25) is 5.32 Å². The molecule has 1 atom stereocenters. The van der Waals surface area contributed by atoms with E-state index in [1.807, 2.05) is 42.2 Å². The van der Waals surface area contributed by atoms with Crippen LogP contribution in [0.1, 0.15) is 43.9 Å². The van der Waals surface area contributed by atoms with Gasteiger partial charge in [0.25, 0.3) is 0 Å². The van der Waals surface area contributed by atoms with Gasteiger partial charge in [0.15, 0.2) is 0 Å². The molecule has 2 aromatic rings. The summed E-state index contributed by atoms with van der Waals surface area (Å²) in [6.45, 7) is 8.38. The average molecular weight is 370 g/mol. The van der Waals surface area contributed by atoms with E-state index in [0.29, 0.717) is 5.82 Å². The van der Waals surface area contributed by atoms with E-state index in [9.17, 15) is 4.79 Å². The molecule has 1 aromatic heterocycles. The van der Waals surface area contributed by atoms with Crippen molar-refractivity contribution in [3.05, 3.63) is 41.6 Å². The number of anilines is 1. The van der Waals surface area contributed by atoms with E-state index in [0.717, 1.165) is 56.8 Å². The lowest BCUT2D eigenvalue weighted by Crippen LogP contribution is -2.36. The topological polar surface area (TPSA) is 59.4 Å². The number of aryl methyl sites for hydroxylation is 2. The zero-order valence-electron chi connectivity index (χ0n) is 16.6. The molecule has 146 valence electrons. The van der Waals surface area contributed by atoms with Gasteiger partial charge in [0, 0.05) is 25.8 Å². The Labute approximate surface area is 161 Å². The number of urea groups is 1. The highest BCUT2D eigenvalue weighted by molar-refractivity contribution is 5.88. The predicted octanol–water partition coefficient (Wildman–Crippen LogP) is 4.30. The third-order valence-corrected chi connectivity index (χ3v) is 4.87. The van der Waals surface area contributed by atoms with Gasteiger partial charge >= 0.3 is 6.03 Å². The molecule has 0 spiro atoms. The fourth-order valence-electron chi connectivity index (χ4n) is 3.38. The van der Waals surface area contributed by atoms with Crippen molar-refractivity contribution in [3.8, 4) is 5.69 Å². The van der Waals surface area contributed by atoms with Crippen LogP contribution in [0.5, 0.6) is 0 Å². The maximum atomic E-state index is 12.8. The van der Waals surface area contributed by atoms with Gasteiger partial charge in [0.05, 0.1) is 17.5 Å². The van der Waals surface area contributed by atoms with Gasteiger partial charge in [-0.05, 0) is 51.7 Å². The molecule has 0 saturated carbocycles. The summed E-state index contributed by atoms with van der Waals surface area (Å²) in [4.78, 5) is 14.7. The van der Waals surface area contributed by atoms with Crippen molar-refractivity contribution < 1.29 is 9.53 Å². The molecule has 1 aliphatic heterocycles. The smallest absolute Gasteiger partial charge is 0.323 e. The fourth-order valence-corrected chi connectivity index (χ4v) is 3.38. The molecule has 0 bridgehead atoms. The number of nitrogens with one attached hydrogen (secondary N) is 1. The normalized spacial score (nSPS) is 17.6. The van der Waals surface area contributed by atoms with E-state index in [1.54, 1.807) is 4.68 Å². The number of carbonyl (C=O) groups excluding carboxylic acids is 1. The number of nitrogens with zero attached hydrogens (tertiary/aromatic N) is 3. The number of aromatic nitrogens is 2. The van der Waals surface area contributed by atoms with Crippen molar-refractivity contribution >= 4 is 11.8 Å². The second-order valence-corrected chi connectivity index (χ2v) is 7.26. The van der Waals surface area contributed by atoms with Crippen LogP contribution in [0.3, 0.4) is 0 Å². The largest absolute Gasteiger partial charge is 0.378 e. The van der Waals surface area contributed by atoms with Gasteiger partial charge in [0.2, 0.25) is 0 Å². The second-order valence-electron chi connectivity index (χ2n) is 7.26. The van der Waals surface area contributed by atoms with Crippen molar-refractivity contribution in [2.75, 3.05) is 25.0 Å². The Morgan fingerprint density at radius 1 is 1.22 bits per heavy atom. The van der Waals surface area contributed by atoms with Crippen molar-refractivity contribution in [1.29, 1.82) is 0 Å². The van der Waals surface area contributed by atoms with Crippen LogP contribution < -0.4 is 5.32 Å². The van der Waals surface area contributed by atoms with Crippen LogP contribution in [0.15, 0.2) is 30.3 Å². The SMILES string of the molecule is CCCOC1CCCN(C(=O)Nc2cc(C)nn2-c2ccc(C)cc2)CC1. The third-order valence-electron chi connectivity index (χ3n) is 4.87. The second kappa shape index (κ2) is 9.04. The molecule has 1 saturated heterocycles. The molecule has 0 radical (unpaired) electrons. The lowest BCUT2D eigenvalue weighted by atomic mass is 10.2. The highest BCUT2D eigenvalue weighted by atomic mass is 16.5. The number of benzene rings is 1. The van der Waals surface area contributed by atoms with E-state index >= 15 is 0 Å². The molecule has 1 aliphatic rings. The Balaban J connectivity index is 1.67. The molecule has 27 heavy (non-hydrogen) atoms. The Morgan fingerprint density at radius 3 is 2.74 bits per heavy atom. The first kappa shape index (κ1) is 19.4. The van der Waals surface area contributed by atoms with Gasteiger partial charge < -0.3 is 9.64 Å². The standard InChI is InChI=1S/C21H30N4O2/c1-4-14-27-19-6-5-12-24(13-11-19)21(26)22-20-15-17(3)23-25(20)18-9-7-16(2)8-10-18/h7-10,15,19H,4-6,11-14H2,1-3H3,(H,22,26). The molecule has 1 unspecified atom stereocenters. The molecule has 1 aromatic carbocycles. The van der Waals surface area contributed by atoms with Gasteiger partial charge in [-0.15, -0.1) is 0 Å². The predicted molar refractivity (Wildman–Crippen MR) is 108 cm³/mol. The van der Waals surface area contributed by atoms with Gasteiger partial charge in [-0.1, -0.05) is 24.6 Å². The Hall–Kier alpha value is -2.34. The molecular weight excluding hydrogens is 340 g/mol. The zero-order valence-corrected chi connectivity index (χ0v) is 16.6. The highest BCUT2D eigenvalue weighted by Crippen LogP contribution is 2.20. The molecule has 2 heterocycles. The van der Waals surface area contributed by atoms with Gasteiger partial charge in [0.1, 0.15) is 5.82 Å². The maximum absolute atomic E-state index is 12.8. The molecule has 2 amide bonds. The van der Waals surface area contributed by atoms with Crippen LogP contribution in [0, 0.1) is 13.8 Å². The highest BCUT2D eigenvalue weighted by Gasteiger charge is 2.22. The van der Waals surface area contributed by atoms with Crippen LogP contribution in [0.4, 0.5) is 10.6 Å². The van der Waals surface area contributed by atoms with Gasteiger partial charge in [-0.2, -0.15) is 5.10 Å². The summed E-state index contributed by atoms with van der Waals surface area (Å²) in [6.07, 6.45) is 4.18. The fraction of sp³-hybridized carbons (Fsp3) is 0.524. The van der Waals surface area contributed by atoms with Crippen LogP contribution in [-0.2, 0) is 4.74 Å². The van der Waals surface area contributed by atoms with Crippen molar-refractivity contribution in [3.63, 3.8) is 0 Å². The summed E-state index contributed by atoms with van der Waals surface area (Å²) < 4.78 is 7.67. The van der Waals surface area contributed by atoms with E-state index in [4.69, 9.17) is 4.74 Å². The average Bonchev–Trinajstić information content (AvgIpc) is 2.87.